The first-order valence-corrected chi connectivity index (χ1v) is 7.13. The highest BCUT2D eigenvalue weighted by Gasteiger charge is 2.35. The molecular formula is C10H13BrO3S2. The van der Waals surface area contributed by atoms with Gasteiger partial charge in [0.25, 0.3) is 0 Å². The average Bonchev–Trinajstić information content (AvgIpc) is 2.61. The van der Waals surface area contributed by atoms with Crippen molar-refractivity contribution in [1.82, 2.24) is 0 Å². The first-order chi connectivity index (χ1) is 7.49. The Morgan fingerprint density at radius 1 is 1.75 bits per heavy atom. The summed E-state index contributed by atoms with van der Waals surface area (Å²) in [4.78, 5) is 11.3. The van der Waals surface area contributed by atoms with Gasteiger partial charge in [-0.15, -0.1) is 11.3 Å². The van der Waals surface area contributed by atoms with E-state index in [4.69, 9.17) is 4.74 Å². The normalized spacial score (nSPS) is 14.7. The van der Waals surface area contributed by atoms with Crippen molar-refractivity contribution in [3.8, 4) is 0 Å². The molecule has 1 rings (SSSR count). The van der Waals surface area contributed by atoms with E-state index in [2.05, 4.69) is 15.9 Å². The Hall–Kier alpha value is -0.0400. The van der Waals surface area contributed by atoms with Crippen LogP contribution in [0.25, 0.3) is 0 Å². The van der Waals surface area contributed by atoms with Crippen molar-refractivity contribution in [1.29, 1.82) is 0 Å². The predicted molar refractivity (Wildman–Crippen MR) is 70.4 cm³/mol. The molecule has 1 atom stereocenters. The predicted octanol–water partition coefficient (Wildman–Crippen LogP) is 3.48. The van der Waals surface area contributed by atoms with Crippen LogP contribution >= 0.6 is 39.0 Å². The number of thioether (sulfide) groups is 1. The first kappa shape index (κ1) is 14.0. The van der Waals surface area contributed by atoms with E-state index < -0.39 is 10.7 Å². The highest BCUT2D eigenvalue weighted by atomic mass is 79.9. The third-order valence-electron chi connectivity index (χ3n) is 2.14. The van der Waals surface area contributed by atoms with E-state index in [1.165, 1.54) is 23.1 Å². The van der Waals surface area contributed by atoms with Crippen molar-refractivity contribution >= 4 is 45.0 Å². The number of hydrogen-bond donors (Lipinski definition) is 1. The van der Waals surface area contributed by atoms with Crippen LogP contribution in [0.15, 0.2) is 20.1 Å². The number of carboxylic acid groups (broad SMARTS) is 1. The Kier molecular flexibility index (Phi) is 5.30. The minimum atomic E-state index is -0.844. The van der Waals surface area contributed by atoms with E-state index in [1.807, 2.05) is 11.4 Å². The van der Waals surface area contributed by atoms with Crippen LogP contribution < -0.4 is 0 Å². The van der Waals surface area contributed by atoms with Gasteiger partial charge in [-0.25, -0.2) is 0 Å². The Bertz CT molecular complexity index is 367. The summed E-state index contributed by atoms with van der Waals surface area (Å²) in [6.07, 6.45) is 0.480. The van der Waals surface area contributed by atoms with Gasteiger partial charge in [-0.05, 0) is 40.7 Å². The molecule has 1 aromatic rings. The molecule has 3 nitrogen and oxygen atoms in total. The lowest BCUT2D eigenvalue weighted by Gasteiger charge is -2.23. The van der Waals surface area contributed by atoms with Gasteiger partial charge in [0.05, 0.1) is 4.21 Å². The second kappa shape index (κ2) is 6.05. The average molecular weight is 325 g/mol. The van der Waals surface area contributed by atoms with Gasteiger partial charge < -0.3 is 9.84 Å². The van der Waals surface area contributed by atoms with Gasteiger partial charge in [0.1, 0.15) is 4.75 Å². The van der Waals surface area contributed by atoms with Crippen molar-refractivity contribution in [3.63, 3.8) is 0 Å². The van der Waals surface area contributed by atoms with Gasteiger partial charge in [0.15, 0.2) is 0 Å². The van der Waals surface area contributed by atoms with Crippen LogP contribution in [0.1, 0.15) is 13.3 Å². The molecule has 0 aromatic carbocycles. The molecule has 90 valence electrons. The molecule has 0 saturated carbocycles. The Balaban J connectivity index is 2.79. The SMILES string of the molecule is COCCC(C)(Sc1sccc1Br)C(=O)O. The lowest BCUT2D eigenvalue weighted by molar-refractivity contribution is -0.139. The zero-order chi connectivity index (χ0) is 12.2. The summed E-state index contributed by atoms with van der Waals surface area (Å²) in [7, 11) is 1.58. The maximum atomic E-state index is 11.3. The summed E-state index contributed by atoms with van der Waals surface area (Å²) < 4.78 is 6.05. The molecule has 1 aromatic heterocycles. The molecule has 0 saturated heterocycles. The maximum Gasteiger partial charge on any atom is 0.319 e. The standard InChI is InChI=1S/C10H13BrO3S2/c1-10(9(12)13,4-5-14-2)16-8-7(11)3-6-15-8/h3,6H,4-5H2,1-2H3,(H,12,13). The third-order valence-corrected chi connectivity index (χ3v) is 5.80. The van der Waals surface area contributed by atoms with Crippen LogP contribution in [0.4, 0.5) is 0 Å². The van der Waals surface area contributed by atoms with E-state index in [1.54, 1.807) is 14.0 Å². The van der Waals surface area contributed by atoms with E-state index in [9.17, 15) is 9.90 Å². The molecule has 0 bridgehead atoms. The summed E-state index contributed by atoms with van der Waals surface area (Å²) in [5.74, 6) is -0.810. The summed E-state index contributed by atoms with van der Waals surface area (Å²) in [5, 5.41) is 11.2. The quantitative estimate of drug-likeness (QED) is 0.814. The summed E-state index contributed by atoms with van der Waals surface area (Å²) in [6.45, 7) is 2.17. The van der Waals surface area contributed by atoms with Crippen molar-refractivity contribution in [3.05, 3.63) is 15.9 Å². The molecule has 0 aliphatic heterocycles. The Morgan fingerprint density at radius 3 is 2.88 bits per heavy atom. The van der Waals surface area contributed by atoms with E-state index in [0.717, 1.165) is 8.68 Å². The van der Waals surface area contributed by atoms with Gasteiger partial charge >= 0.3 is 5.97 Å². The van der Waals surface area contributed by atoms with Crippen molar-refractivity contribution in [2.75, 3.05) is 13.7 Å². The molecule has 0 spiro atoms. The number of aliphatic carboxylic acids is 1. The molecule has 16 heavy (non-hydrogen) atoms. The van der Waals surface area contributed by atoms with Crippen LogP contribution in [-0.2, 0) is 9.53 Å². The zero-order valence-electron chi connectivity index (χ0n) is 9.03. The van der Waals surface area contributed by atoms with Gasteiger partial charge in [0.2, 0.25) is 0 Å². The monoisotopic (exact) mass is 324 g/mol. The largest absolute Gasteiger partial charge is 0.480 e. The topological polar surface area (TPSA) is 46.5 Å². The van der Waals surface area contributed by atoms with E-state index in [0.29, 0.717) is 13.0 Å². The number of hydrogen-bond acceptors (Lipinski definition) is 4. The number of halogens is 1. The Labute approximate surface area is 111 Å². The molecular weight excluding hydrogens is 312 g/mol. The molecule has 0 aliphatic carbocycles. The van der Waals surface area contributed by atoms with Gasteiger partial charge in [-0.3, -0.25) is 4.79 Å². The summed E-state index contributed by atoms with van der Waals surface area (Å²) in [5.41, 5.74) is 0. The van der Waals surface area contributed by atoms with Gasteiger partial charge in [0, 0.05) is 18.2 Å². The highest BCUT2D eigenvalue weighted by molar-refractivity contribution is 9.10. The number of ether oxygens (including phenoxy) is 1. The molecule has 0 fully saturated rings. The second-order valence-corrected chi connectivity index (χ2v) is 6.98. The smallest absolute Gasteiger partial charge is 0.319 e. The minimum Gasteiger partial charge on any atom is -0.480 e. The lowest BCUT2D eigenvalue weighted by Crippen LogP contribution is -2.32. The van der Waals surface area contributed by atoms with Crippen molar-refractivity contribution < 1.29 is 14.6 Å². The first-order valence-electron chi connectivity index (χ1n) is 4.64. The van der Waals surface area contributed by atoms with Crippen LogP contribution in [0.5, 0.6) is 0 Å². The van der Waals surface area contributed by atoms with Crippen molar-refractivity contribution in [2.24, 2.45) is 0 Å². The van der Waals surface area contributed by atoms with Crippen LogP contribution in [0.3, 0.4) is 0 Å². The molecule has 6 heteroatoms. The van der Waals surface area contributed by atoms with Crippen LogP contribution in [0.2, 0.25) is 0 Å². The van der Waals surface area contributed by atoms with E-state index >= 15 is 0 Å². The molecule has 0 radical (unpaired) electrons. The molecule has 0 amide bonds. The van der Waals surface area contributed by atoms with E-state index in [-0.39, 0.29) is 0 Å². The fourth-order valence-electron chi connectivity index (χ4n) is 1.06. The molecule has 0 aliphatic rings. The fourth-order valence-corrected chi connectivity index (χ4v) is 4.15. The molecule has 1 unspecified atom stereocenters. The number of thiophene rings is 1. The number of carbonyl (C=O) groups is 1. The van der Waals surface area contributed by atoms with Gasteiger partial charge in [-0.1, -0.05) is 11.8 Å². The fraction of sp³-hybridized carbons (Fsp3) is 0.500. The lowest BCUT2D eigenvalue weighted by atomic mass is 10.1. The van der Waals surface area contributed by atoms with Gasteiger partial charge in [-0.2, -0.15) is 0 Å². The second-order valence-electron chi connectivity index (χ2n) is 3.44. The van der Waals surface area contributed by atoms with Crippen LogP contribution in [-0.4, -0.2) is 29.5 Å². The highest BCUT2D eigenvalue weighted by Crippen LogP contribution is 2.42. The summed E-state index contributed by atoms with van der Waals surface area (Å²) in [6, 6.07) is 1.92. The maximum absolute atomic E-state index is 11.3. The third kappa shape index (κ3) is 3.48. The Morgan fingerprint density at radius 2 is 2.44 bits per heavy atom. The number of methoxy groups -OCH3 is 1. The summed E-state index contributed by atoms with van der Waals surface area (Å²) >= 11 is 6.31. The minimum absolute atomic E-state index is 0.443. The van der Waals surface area contributed by atoms with Crippen LogP contribution in [0, 0.1) is 0 Å². The molecule has 1 N–H and O–H groups in total. The molecule has 1 heterocycles. The number of carboxylic acids is 1. The number of rotatable bonds is 6. The zero-order valence-corrected chi connectivity index (χ0v) is 12.2. The van der Waals surface area contributed by atoms with Crippen molar-refractivity contribution in [2.45, 2.75) is 22.3 Å².